The topological polar surface area (TPSA) is 93.3 Å². The number of aromatic nitrogens is 3. The Kier molecular flexibility index (Phi) is 6.76. The van der Waals surface area contributed by atoms with Crippen LogP contribution in [0.2, 0.25) is 0 Å². The summed E-state index contributed by atoms with van der Waals surface area (Å²) in [6.45, 7) is 1.91. The number of fused-ring (bicyclic) bond motifs is 1. The van der Waals surface area contributed by atoms with Crippen molar-refractivity contribution < 1.29 is 18.4 Å². The van der Waals surface area contributed by atoms with Gasteiger partial charge in [0.05, 0.1) is 18.3 Å². The molecule has 2 heterocycles. The van der Waals surface area contributed by atoms with E-state index in [9.17, 15) is 14.0 Å². The van der Waals surface area contributed by atoms with Gasteiger partial charge in [0, 0.05) is 5.69 Å². The quantitative estimate of drug-likeness (QED) is 0.339. The maximum absolute atomic E-state index is 13.9. The van der Waals surface area contributed by atoms with E-state index < -0.39 is 23.7 Å². The van der Waals surface area contributed by atoms with Gasteiger partial charge in [0.1, 0.15) is 29.7 Å². The first-order valence-corrected chi connectivity index (χ1v) is 11.7. The van der Waals surface area contributed by atoms with Gasteiger partial charge in [0.2, 0.25) is 11.8 Å². The minimum absolute atomic E-state index is 0.146. The number of rotatable bonds is 8. The Hall–Kier alpha value is -4.79. The molecular weight excluding hydrogens is 473 g/mol. The predicted molar refractivity (Wildman–Crippen MR) is 136 cm³/mol. The van der Waals surface area contributed by atoms with E-state index in [-0.39, 0.29) is 13.1 Å². The van der Waals surface area contributed by atoms with Crippen LogP contribution in [0.4, 0.5) is 10.1 Å². The Morgan fingerprint density at radius 1 is 1.00 bits per heavy atom. The first-order valence-electron chi connectivity index (χ1n) is 11.7. The number of halogens is 1. The summed E-state index contributed by atoms with van der Waals surface area (Å²) in [6, 6.07) is 22.6. The molecule has 0 aliphatic rings. The lowest BCUT2D eigenvalue weighted by Gasteiger charge is -2.31. The number of aryl methyl sites for hydroxylation is 1. The van der Waals surface area contributed by atoms with Gasteiger partial charge in [-0.25, -0.2) is 9.07 Å². The first kappa shape index (κ1) is 23.9. The average molecular weight is 498 g/mol. The molecule has 1 atom stereocenters. The number of para-hydroxylation sites is 1. The number of hydrogen-bond acceptors (Lipinski definition) is 5. The summed E-state index contributed by atoms with van der Waals surface area (Å²) < 4.78 is 20.7. The van der Waals surface area contributed by atoms with Crippen molar-refractivity contribution in [1.29, 1.82) is 0 Å². The Bertz CT molecular complexity index is 1510. The highest BCUT2D eigenvalue weighted by molar-refractivity contribution is 6.01. The van der Waals surface area contributed by atoms with E-state index in [1.807, 2.05) is 37.3 Å². The van der Waals surface area contributed by atoms with E-state index in [0.717, 1.165) is 5.56 Å². The van der Waals surface area contributed by atoms with Gasteiger partial charge < -0.3 is 9.73 Å². The molecule has 0 bridgehead atoms. The summed E-state index contributed by atoms with van der Waals surface area (Å²) in [5.74, 6) is -0.709. The fraction of sp³-hybridized carbons (Fsp3) is 0.143. The molecule has 2 amide bonds. The van der Waals surface area contributed by atoms with E-state index >= 15 is 0 Å². The summed E-state index contributed by atoms with van der Waals surface area (Å²) in [6.07, 6.45) is 1.52. The highest BCUT2D eigenvalue weighted by atomic mass is 19.1. The van der Waals surface area contributed by atoms with Gasteiger partial charge in [-0.05, 0) is 61.0 Å². The SMILES string of the molecule is Cc1ccc(C(C(=O)NCc2ccco2)N(C(=O)Cn2nnc3ccccc32)c2ccc(F)cc2)cc1. The van der Waals surface area contributed by atoms with Crippen molar-refractivity contribution in [3.8, 4) is 0 Å². The average Bonchev–Trinajstić information content (AvgIpc) is 3.58. The molecule has 0 aliphatic carbocycles. The summed E-state index contributed by atoms with van der Waals surface area (Å²) >= 11 is 0. The van der Waals surface area contributed by atoms with Gasteiger partial charge >= 0.3 is 0 Å². The third kappa shape index (κ3) is 5.25. The highest BCUT2D eigenvalue weighted by Gasteiger charge is 2.33. The molecule has 2 aromatic heterocycles. The first-order chi connectivity index (χ1) is 18.0. The summed E-state index contributed by atoms with van der Waals surface area (Å²) in [7, 11) is 0. The van der Waals surface area contributed by atoms with Gasteiger partial charge in [0.15, 0.2) is 0 Å². The molecule has 5 rings (SSSR count). The second-order valence-corrected chi connectivity index (χ2v) is 8.59. The molecule has 0 spiro atoms. The van der Waals surface area contributed by atoms with Crippen LogP contribution in [0.25, 0.3) is 11.0 Å². The van der Waals surface area contributed by atoms with Crippen LogP contribution in [-0.4, -0.2) is 26.8 Å². The van der Waals surface area contributed by atoms with E-state index in [4.69, 9.17) is 4.42 Å². The van der Waals surface area contributed by atoms with Crippen LogP contribution >= 0.6 is 0 Å². The zero-order valence-electron chi connectivity index (χ0n) is 20.0. The molecule has 37 heavy (non-hydrogen) atoms. The molecule has 0 saturated heterocycles. The molecule has 0 fully saturated rings. The van der Waals surface area contributed by atoms with Gasteiger partial charge in [-0.3, -0.25) is 14.5 Å². The largest absolute Gasteiger partial charge is 0.467 e. The Morgan fingerprint density at radius 2 is 1.76 bits per heavy atom. The fourth-order valence-electron chi connectivity index (χ4n) is 4.13. The molecule has 1 N–H and O–H groups in total. The van der Waals surface area contributed by atoms with E-state index in [2.05, 4.69) is 15.6 Å². The smallest absolute Gasteiger partial charge is 0.249 e. The number of carbonyl (C=O) groups is 2. The summed E-state index contributed by atoms with van der Waals surface area (Å²) in [4.78, 5) is 28.9. The van der Waals surface area contributed by atoms with Crippen LogP contribution in [0.1, 0.15) is 22.9 Å². The number of furan rings is 1. The molecular formula is C28H24FN5O3. The molecule has 0 saturated carbocycles. The van der Waals surface area contributed by atoms with Crippen molar-refractivity contribution in [1.82, 2.24) is 20.3 Å². The summed E-state index contributed by atoms with van der Waals surface area (Å²) in [5.41, 5.74) is 3.31. The molecule has 0 radical (unpaired) electrons. The van der Waals surface area contributed by atoms with Crippen molar-refractivity contribution in [3.63, 3.8) is 0 Å². The van der Waals surface area contributed by atoms with Crippen LogP contribution in [-0.2, 0) is 22.7 Å². The number of amides is 2. The zero-order chi connectivity index (χ0) is 25.8. The fourth-order valence-corrected chi connectivity index (χ4v) is 4.13. The third-order valence-corrected chi connectivity index (χ3v) is 6.00. The van der Waals surface area contributed by atoms with E-state index in [1.165, 1.54) is 40.1 Å². The van der Waals surface area contributed by atoms with Crippen LogP contribution in [0.3, 0.4) is 0 Å². The van der Waals surface area contributed by atoms with Crippen molar-refractivity contribution in [2.45, 2.75) is 26.1 Å². The summed E-state index contributed by atoms with van der Waals surface area (Å²) in [5, 5.41) is 11.1. The number of nitrogens with one attached hydrogen (secondary N) is 1. The van der Waals surface area contributed by atoms with Crippen LogP contribution < -0.4 is 10.2 Å². The van der Waals surface area contributed by atoms with Crippen molar-refractivity contribution >= 4 is 28.5 Å². The molecule has 0 aliphatic heterocycles. The van der Waals surface area contributed by atoms with Gasteiger partial charge in [-0.15, -0.1) is 5.10 Å². The third-order valence-electron chi connectivity index (χ3n) is 6.00. The minimum atomic E-state index is -1.04. The van der Waals surface area contributed by atoms with Gasteiger partial charge in [0.25, 0.3) is 0 Å². The molecule has 3 aromatic carbocycles. The van der Waals surface area contributed by atoms with Crippen LogP contribution in [0.15, 0.2) is 95.6 Å². The monoisotopic (exact) mass is 497 g/mol. The second-order valence-electron chi connectivity index (χ2n) is 8.59. The molecule has 9 heteroatoms. The molecule has 186 valence electrons. The van der Waals surface area contributed by atoms with Crippen molar-refractivity contribution in [3.05, 3.63) is 114 Å². The van der Waals surface area contributed by atoms with Gasteiger partial charge in [-0.1, -0.05) is 47.2 Å². The lowest BCUT2D eigenvalue weighted by molar-refractivity contribution is -0.127. The van der Waals surface area contributed by atoms with Crippen molar-refractivity contribution in [2.24, 2.45) is 0 Å². The van der Waals surface area contributed by atoms with E-state index in [0.29, 0.717) is 28.0 Å². The van der Waals surface area contributed by atoms with Crippen LogP contribution in [0.5, 0.6) is 0 Å². The number of benzene rings is 3. The maximum atomic E-state index is 13.9. The normalized spacial score (nSPS) is 11.8. The number of anilines is 1. The highest BCUT2D eigenvalue weighted by Crippen LogP contribution is 2.29. The lowest BCUT2D eigenvalue weighted by atomic mass is 10.0. The standard InChI is InChI=1S/C28H24FN5O3/c1-19-8-10-20(11-9-19)27(28(36)30-17-23-5-4-16-37-23)34(22-14-12-21(29)13-15-22)26(35)18-33-25-7-3-2-6-24(25)31-32-33/h2-16,27H,17-18H2,1H3,(H,30,36). The molecule has 1 unspecified atom stereocenters. The predicted octanol–water partition coefficient (Wildman–Crippen LogP) is 4.56. The van der Waals surface area contributed by atoms with E-state index in [1.54, 1.807) is 30.3 Å². The van der Waals surface area contributed by atoms with Gasteiger partial charge in [-0.2, -0.15) is 0 Å². The number of carbonyl (C=O) groups excluding carboxylic acids is 2. The lowest BCUT2D eigenvalue weighted by Crippen LogP contribution is -2.45. The zero-order valence-corrected chi connectivity index (χ0v) is 20.0. The molecule has 5 aromatic rings. The maximum Gasteiger partial charge on any atom is 0.249 e. The second kappa shape index (κ2) is 10.4. The molecule has 8 nitrogen and oxygen atoms in total. The number of hydrogen-bond donors (Lipinski definition) is 1. The Balaban J connectivity index is 1.55. The Labute approximate surface area is 212 Å². The Morgan fingerprint density at radius 3 is 2.49 bits per heavy atom. The number of nitrogens with zero attached hydrogens (tertiary/aromatic N) is 4. The van der Waals surface area contributed by atoms with Crippen LogP contribution in [0, 0.1) is 12.7 Å². The minimum Gasteiger partial charge on any atom is -0.467 e. The van der Waals surface area contributed by atoms with Crippen molar-refractivity contribution in [2.75, 3.05) is 4.90 Å².